The normalized spacial score (nSPS) is 18.0. The van der Waals surface area contributed by atoms with E-state index in [1.807, 2.05) is 20.8 Å². The maximum absolute atomic E-state index is 12.7. The molecule has 166 valence electrons. The van der Waals surface area contributed by atoms with E-state index in [0.29, 0.717) is 37.5 Å². The molecule has 9 nitrogen and oxygen atoms in total. The van der Waals surface area contributed by atoms with Gasteiger partial charge in [0.15, 0.2) is 11.2 Å². The molecule has 31 heavy (non-hydrogen) atoms. The van der Waals surface area contributed by atoms with Crippen LogP contribution in [0.3, 0.4) is 0 Å². The highest BCUT2D eigenvalue weighted by molar-refractivity contribution is 7.89. The summed E-state index contributed by atoms with van der Waals surface area (Å²) in [7, 11) is -3.29. The molecular formula is C21H28N6O3S. The molecule has 2 aromatic heterocycles. The maximum atomic E-state index is 12.7. The molecule has 0 aliphatic carbocycles. The van der Waals surface area contributed by atoms with Crippen LogP contribution in [-0.2, 0) is 16.6 Å². The molecule has 0 radical (unpaired) electrons. The predicted molar refractivity (Wildman–Crippen MR) is 119 cm³/mol. The number of hydrogen-bond acceptors (Lipinski definition) is 6. The molecule has 1 atom stereocenters. The molecule has 1 aliphatic rings. The van der Waals surface area contributed by atoms with E-state index in [1.165, 1.54) is 4.31 Å². The lowest BCUT2D eigenvalue weighted by molar-refractivity contribution is 0.309. The highest BCUT2D eigenvalue weighted by atomic mass is 32.2. The van der Waals surface area contributed by atoms with Crippen molar-refractivity contribution in [1.82, 2.24) is 29.3 Å². The Morgan fingerprint density at radius 1 is 1.26 bits per heavy atom. The van der Waals surface area contributed by atoms with Gasteiger partial charge in [0.2, 0.25) is 10.0 Å². The van der Waals surface area contributed by atoms with Crippen molar-refractivity contribution < 1.29 is 8.42 Å². The van der Waals surface area contributed by atoms with Crippen LogP contribution in [0, 0.1) is 13.8 Å². The summed E-state index contributed by atoms with van der Waals surface area (Å²) in [6.07, 6.45) is 2.08. The summed E-state index contributed by atoms with van der Waals surface area (Å²) in [5, 5.41) is 8.20. The van der Waals surface area contributed by atoms with Gasteiger partial charge in [0, 0.05) is 19.0 Å². The Morgan fingerprint density at radius 2 is 2.06 bits per heavy atom. The number of piperidine rings is 1. The van der Waals surface area contributed by atoms with Crippen molar-refractivity contribution in [3.63, 3.8) is 0 Å². The van der Waals surface area contributed by atoms with Gasteiger partial charge in [0.25, 0.3) is 5.56 Å². The van der Waals surface area contributed by atoms with Crippen LogP contribution in [0.25, 0.3) is 11.2 Å². The van der Waals surface area contributed by atoms with Crippen molar-refractivity contribution in [1.29, 1.82) is 0 Å². The Labute approximate surface area is 181 Å². The zero-order valence-electron chi connectivity index (χ0n) is 18.1. The van der Waals surface area contributed by atoms with E-state index >= 15 is 0 Å². The van der Waals surface area contributed by atoms with Crippen molar-refractivity contribution in [2.24, 2.45) is 0 Å². The zero-order valence-corrected chi connectivity index (χ0v) is 18.9. The minimum Gasteiger partial charge on any atom is -0.308 e. The van der Waals surface area contributed by atoms with Crippen LogP contribution in [0.15, 0.2) is 23.0 Å². The fourth-order valence-corrected chi connectivity index (χ4v) is 5.71. The van der Waals surface area contributed by atoms with E-state index in [9.17, 15) is 13.2 Å². The van der Waals surface area contributed by atoms with Crippen molar-refractivity contribution >= 4 is 21.2 Å². The third-order valence-electron chi connectivity index (χ3n) is 5.84. The van der Waals surface area contributed by atoms with Crippen LogP contribution in [0.5, 0.6) is 0 Å². The molecule has 1 aliphatic heterocycles. The largest absolute Gasteiger partial charge is 0.308 e. The van der Waals surface area contributed by atoms with Crippen molar-refractivity contribution in [2.45, 2.75) is 52.5 Å². The minimum absolute atomic E-state index is 0.134. The first-order valence-corrected chi connectivity index (χ1v) is 12.3. The third kappa shape index (κ3) is 4.40. The van der Waals surface area contributed by atoms with Gasteiger partial charge in [-0.1, -0.05) is 35.9 Å². The highest BCUT2D eigenvalue weighted by Gasteiger charge is 2.30. The molecular weight excluding hydrogens is 416 g/mol. The van der Waals surface area contributed by atoms with Gasteiger partial charge in [-0.05, 0) is 44.2 Å². The number of sulfonamides is 1. The Balaban J connectivity index is 1.68. The smallest absolute Gasteiger partial charge is 0.281 e. The topological polar surface area (TPSA) is 114 Å². The first kappa shape index (κ1) is 21.6. The number of rotatable bonds is 6. The van der Waals surface area contributed by atoms with Crippen molar-refractivity contribution in [3.8, 4) is 0 Å². The van der Waals surface area contributed by atoms with Crippen LogP contribution in [0.4, 0.5) is 0 Å². The molecule has 1 aromatic carbocycles. The Bertz CT molecular complexity index is 1260. The molecule has 1 unspecified atom stereocenters. The first-order valence-electron chi connectivity index (χ1n) is 10.7. The summed E-state index contributed by atoms with van der Waals surface area (Å²) < 4.78 is 28.2. The van der Waals surface area contributed by atoms with E-state index in [1.54, 1.807) is 4.68 Å². The van der Waals surface area contributed by atoms with Gasteiger partial charge in [-0.25, -0.2) is 22.4 Å². The SMILES string of the molecule is CCCS(=O)(=O)N1CCCC(c2nc3c(nnn3Cc3cc(C)ccc3C)c(=O)[nH]2)C1. The number of fused-ring (bicyclic) bond motifs is 1. The number of aromatic amines is 1. The van der Waals surface area contributed by atoms with Gasteiger partial charge < -0.3 is 4.98 Å². The van der Waals surface area contributed by atoms with E-state index in [2.05, 4.69) is 33.5 Å². The minimum atomic E-state index is -3.29. The summed E-state index contributed by atoms with van der Waals surface area (Å²) in [5.41, 5.74) is 3.63. The zero-order chi connectivity index (χ0) is 22.2. The van der Waals surface area contributed by atoms with Crippen LogP contribution < -0.4 is 5.56 Å². The Morgan fingerprint density at radius 3 is 2.84 bits per heavy atom. The third-order valence-corrected chi connectivity index (χ3v) is 7.89. The second kappa shape index (κ2) is 8.51. The highest BCUT2D eigenvalue weighted by Crippen LogP contribution is 2.26. The fraction of sp³-hybridized carbons (Fsp3) is 0.524. The molecule has 0 bridgehead atoms. The molecule has 0 saturated carbocycles. The standard InChI is InChI=1S/C21H28N6O3S/c1-4-10-31(29,30)26-9-5-6-16(12-26)19-22-20-18(21(28)23-19)24-25-27(20)13-17-11-14(2)7-8-15(17)3/h7-8,11,16H,4-6,9-10,12-13H2,1-3H3,(H,22,23,28). The predicted octanol–water partition coefficient (Wildman–Crippen LogP) is 2.10. The lowest BCUT2D eigenvalue weighted by atomic mass is 9.99. The van der Waals surface area contributed by atoms with Crippen molar-refractivity contribution in [2.75, 3.05) is 18.8 Å². The molecule has 1 saturated heterocycles. The number of nitrogens with zero attached hydrogens (tertiary/aromatic N) is 5. The number of nitrogens with one attached hydrogen (secondary N) is 1. The summed E-state index contributed by atoms with van der Waals surface area (Å²) >= 11 is 0. The van der Waals surface area contributed by atoms with Crippen LogP contribution >= 0.6 is 0 Å². The van der Waals surface area contributed by atoms with Crippen LogP contribution in [0.1, 0.15) is 54.6 Å². The molecule has 3 aromatic rings. The summed E-state index contributed by atoms with van der Waals surface area (Å²) in [4.78, 5) is 20.2. The monoisotopic (exact) mass is 444 g/mol. The second-order valence-electron chi connectivity index (χ2n) is 8.31. The van der Waals surface area contributed by atoms with Gasteiger partial charge in [0.05, 0.1) is 12.3 Å². The average molecular weight is 445 g/mol. The first-order chi connectivity index (χ1) is 14.8. The quantitative estimate of drug-likeness (QED) is 0.623. The number of H-pyrrole nitrogens is 1. The molecule has 0 spiro atoms. The molecule has 1 N–H and O–H groups in total. The fourth-order valence-electron chi connectivity index (χ4n) is 4.12. The van der Waals surface area contributed by atoms with Gasteiger partial charge in [-0.3, -0.25) is 4.79 Å². The Hall–Kier alpha value is -2.59. The molecule has 4 rings (SSSR count). The molecule has 3 heterocycles. The van der Waals surface area contributed by atoms with Gasteiger partial charge >= 0.3 is 0 Å². The van der Waals surface area contributed by atoms with Gasteiger partial charge in [0.1, 0.15) is 5.82 Å². The van der Waals surface area contributed by atoms with Gasteiger partial charge in [-0.15, -0.1) is 5.10 Å². The number of benzene rings is 1. The molecule has 10 heteroatoms. The average Bonchev–Trinajstić information content (AvgIpc) is 3.14. The summed E-state index contributed by atoms with van der Waals surface area (Å²) in [6.45, 7) is 7.22. The lowest BCUT2D eigenvalue weighted by Crippen LogP contribution is -2.41. The van der Waals surface area contributed by atoms with Crippen molar-refractivity contribution in [3.05, 3.63) is 51.1 Å². The van der Waals surface area contributed by atoms with E-state index in [0.717, 1.165) is 29.5 Å². The maximum Gasteiger partial charge on any atom is 0.281 e. The number of hydrogen-bond donors (Lipinski definition) is 1. The lowest BCUT2D eigenvalue weighted by Gasteiger charge is -2.31. The molecule has 1 fully saturated rings. The van der Waals surface area contributed by atoms with Crippen LogP contribution in [-0.4, -0.2) is 56.5 Å². The number of aromatic nitrogens is 5. The van der Waals surface area contributed by atoms with E-state index in [4.69, 9.17) is 4.98 Å². The van der Waals surface area contributed by atoms with Crippen LogP contribution in [0.2, 0.25) is 0 Å². The number of aryl methyl sites for hydroxylation is 2. The summed E-state index contributed by atoms with van der Waals surface area (Å²) in [5.74, 6) is 0.467. The van der Waals surface area contributed by atoms with E-state index in [-0.39, 0.29) is 22.7 Å². The van der Waals surface area contributed by atoms with E-state index < -0.39 is 10.0 Å². The Kier molecular flexibility index (Phi) is 5.94. The van der Waals surface area contributed by atoms with Gasteiger partial charge in [-0.2, -0.15) is 0 Å². The summed E-state index contributed by atoms with van der Waals surface area (Å²) in [6, 6.07) is 6.21. The molecule has 0 amide bonds. The second-order valence-corrected chi connectivity index (χ2v) is 10.4.